The molecule has 7 aromatic rings. The van der Waals surface area contributed by atoms with Gasteiger partial charge < -0.3 is 4.74 Å². The number of benzene rings is 4. The van der Waals surface area contributed by atoms with E-state index < -0.39 is 0 Å². The highest BCUT2D eigenvalue weighted by atomic mass is 19.1. The topological polar surface area (TPSA) is 44.9 Å². The summed E-state index contributed by atoms with van der Waals surface area (Å²) >= 11 is 0. The number of ether oxygens (including phenoxy) is 1. The van der Waals surface area contributed by atoms with Gasteiger partial charge in [-0.25, -0.2) is 14.1 Å². The van der Waals surface area contributed by atoms with Gasteiger partial charge in [-0.3, -0.25) is 4.57 Å². The van der Waals surface area contributed by atoms with Gasteiger partial charge in [0.25, 0.3) is 0 Å². The molecule has 0 saturated heterocycles. The Balaban J connectivity index is 1.22. The van der Waals surface area contributed by atoms with E-state index in [1.807, 2.05) is 64.0 Å². The third kappa shape index (κ3) is 6.86. The molecular formula is C43H43FN4O. The molecule has 7 rings (SSSR count). The van der Waals surface area contributed by atoms with E-state index >= 15 is 0 Å². The molecule has 5 nitrogen and oxygen atoms in total. The van der Waals surface area contributed by atoms with Crippen molar-refractivity contribution in [2.24, 2.45) is 11.8 Å². The molecule has 248 valence electrons. The third-order valence-electron chi connectivity index (χ3n) is 9.20. The molecule has 0 amide bonds. The monoisotopic (exact) mass is 650 g/mol. The second-order valence-electron chi connectivity index (χ2n) is 14.0. The van der Waals surface area contributed by atoms with Crippen LogP contribution in [0.15, 0.2) is 110 Å². The zero-order valence-corrected chi connectivity index (χ0v) is 29.0. The second kappa shape index (κ2) is 13.7. The quantitative estimate of drug-likeness (QED) is 0.140. The molecule has 0 bridgehead atoms. The Morgan fingerprint density at radius 2 is 1.45 bits per heavy atom. The van der Waals surface area contributed by atoms with Gasteiger partial charge in [-0.2, -0.15) is 5.10 Å². The minimum Gasteiger partial charge on any atom is -0.457 e. The average Bonchev–Trinajstić information content (AvgIpc) is 3.69. The number of nitrogens with zero attached hydrogens (tertiary/aromatic N) is 4. The Hall–Kier alpha value is -5.23. The van der Waals surface area contributed by atoms with E-state index in [9.17, 15) is 4.39 Å². The summed E-state index contributed by atoms with van der Waals surface area (Å²) in [5, 5.41) is 6.96. The van der Waals surface area contributed by atoms with Gasteiger partial charge in [0.05, 0.1) is 22.9 Å². The van der Waals surface area contributed by atoms with Crippen molar-refractivity contribution in [3.8, 4) is 34.1 Å². The number of fused-ring (bicyclic) bond motifs is 3. The summed E-state index contributed by atoms with van der Waals surface area (Å²) in [6.45, 7) is 11.4. The maximum absolute atomic E-state index is 14.3. The number of halogens is 1. The van der Waals surface area contributed by atoms with Crippen LogP contribution in [-0.4, -0.2) is 19.3 Å². The minimum atomic E-state index is -0.331. The molecule has 4 aromatic carbocycles. The fraction of sp³-hybridized carbons (Fsp3) is 0.256. The molecule has 0 N–H and O–H groups in total. The standard InChI is InChI=1S/C43H43FN4O/c1-28(2)13-15-31-21-30(5)22-32(16-14-29(3)4)43(31)33-26-46-47(27-33)35-9-8-10-36(24-35)49-37-17-18-39-38-11-6-7-12-40(38)48(41(39)25-37)42-23-34(44)19-20-45-42/h6-12,17-29H,13-16H2,1-5H3. The second-order valence-corrected chi connectivity index (χ2v) is 14.0. The molecule has 0 aliphatic heterocycles. The summed E-state index contributed by atoms with van der Waals surface area (Å²) in [4.78, 5) is 4.49. The highest BCUT2D eigenvalue weighted by Crippen LogP contribution is 2.36. The third-order valence-corrected chi connectivity index (χ3v) is 9.20. The van der Waals surface area contributed by atoms with Crippen LogP contribution in [0.25, 0.3) is 44.4 Å². The summed E-state index contributed by atoms with van der Waals surface area (Å²) in [5.41, 5.74) is 9.39. The first kappa shape index (κ1) is 32.3. The molecule has 0 aliphatic carbocycles. The van der Waals surface area contributed by atoms with E-state index in [4.69, 9.17) is 9.84 Å². The Morgan fingerprint density at radius 1 is 0.735 bits per heavy atom. The fourth-order valence-electron chi connectivity index (χ4n) is 6.79. The summed E-state index contributed by atoms with van der Waals surface area (Å²) in [6, 6.07) is 29.7. The van der Waals surface area contributed by atoms with Crippen LogP contribution in [0.2, 0.25) is 0 Å². The Labute approximate surface area is 288 Å². The predicted molar refractivity (Wildman–Crippen MR) is 199 cm³/mol. The summed E-state index contributed by atoms with van der Waals surface area (Å²) in [6.07, 6.45) is 10.1. The number of hydrogen-bond acceptors (Lipinski definition) is 3. The Kier molecular flexibility index (Phi) is 9.05. The molecule has 3 aromatic heterocycles. The number of aromatic nitrogens is 4. The molecule has 3 heterocycles. The highest BCUT2D eigenvalue weighted by molar-refractivity contribution is 6.09. The summed E-state index contributed by atoms with van der Waals surface area (Å²) in [5.74, 6) is 2.84. The van der Waals surface area contributed by atoms with Crippen LogP contribution in [0.4, 0.5) is 4.39 Å². The van der Waals surface area contributed by atoms with Crippen LogP contribution in [0.1, 0.15) is 57.2 Å². The Bertz CT molecular complexity index is 2230. The molecule has 0 aliphatic rings. The highest BCUT2D eigenvalue weighted by Gasteiger charge is 2.17. The van der Waals surface area contributed by atoms with E-state index in [2.05, 4.69) is 76.1 Å². The van der Waals surface area contributed by atoms with Crippen LogP contribution in [-0.2, 0) is 12.8 Å². The SMILES string of the molecule is Cc1cc(CCC(C)C)c(-c2cnn(-c3cccc(Oc4ccc5c6ccccc6n(-c6cc(F)ccn6)c5c4)c3)c2)c(CCC(C)C)c1. The van der Waals surface area contributed by atoms with Crippen LogP contribution < -0.4 is 4.74 Å². The zero-order valence-electron chi connectivity index (χ0n) is 29.0. The Morgan fingerprint density at radius 3 is 2.18 bits per heavy atom. The minimum absolute atomic E-state index is 0.331. The average molecular weight is 651 g/mol. The van der Waals surface area contributed by atoms with Crippen LogP contribution in [0.5, 0.6) is 11.5 Å². The van der Waals surface area contributed by atoms with Gasteiger partial charge in [0.1, 0.15) is 23.1 Å². The molecule has 0 radical (unpaired) electrons. The van der Waals surface area contributed by atoms with Crippen LogP contribution >= 0.6 is 0 Å². The first-order valence-corrected chi connectivity index (χ1v) is 17.3. The lowest BCUT2D eigenvalue weighted by atomic mass is 9.87. The smallest absolute Gasteiger partial charge is 0.140 e. The van der Waals surface area contributed by atoms with Crippen LogP contribution in [0, 0.1) is 24.6 Å². The largest absolute Gasteiger partial charge is 0.457 e. The van der Waals surface area contributed by atoms with Crippen molar-refractivity contribution < 1.29 is 9.13 Å². The summed E-state index contributed by atoms with van der Waals surface area (Å²) in [7, 11) is 0. The van der Waals surface area contributed by atoms with Crippen molar-refractivity contribution in [2.45, 2.75) is 60.3 Å². The summed E-state index contributed by atoms with van der Waals surface area (Å²) < 4.78 is 24.7. The van der Waals surface area contributed by atoms with Crippen molar-refractivity contribution in [1.82, 2.24) is 19.3 Å². The van der Waals surface area contributed by atoms with Gasteiger partial charge in [0.2, 0.25) is 0 Å². The molecule has 6 heteroatoms. The van der Waals surface area contributed by atoms with Crippen molar-refractivity contribution in [2.75, 3.05) is 0 Å². The number of hydrogen-bond donors (Lipinski definition) is 0. The van der Waals surface area contributed by atoms with Crippen molar-refractivity contribution in [3.05, 3.63) is 132 Å². The van der Waals surface area contributed by atoms with E-state index in [-0.39, 0.29) is 5.82 Å². The van der Waals surface area contributed by atoms with Crippen molar-refractivity contribution >= 4 is 21.8 Å². The molecule has 0 saturated carbocycles. The van der Waals surface area contributed by atoms with E-state index in [0.717, 1.165) is 58.7 Å². The van der Waals surface area contributed by atoms with E-state index in [1.54, 1.807) is 0 Å². The van der Waals surface area contributed by atoms with Crippen LogP contribution in [0.3, 0.4) is 0 Å². The maximum atomic E-state index is 14.3. The van der Waals surface area contributed by atoms with Crippen molar-refractivity contribution in [3.63, 3.8) is 0 Å². The maximum Gasteiger partial charge on any atom is 0.140 e. The van der Waals surface area contributed by atoms with Gasteiger partial charge >= 0.3 is 0 Å². The van der Waals surface area contributed by atoms with Gasteiger partial charge in [-0.05, 0) is 97.5 Å². The lowest BCUT2D eigenvalue weighted by Gasteiger charge is -2.17. The molecule has 0 unspecified atom stereocenters. The number of para-hydroxylation sites is 1. The number of rotatable bonds is 11. The lowest BCUT2D eigenvalue weighted by molar-refractivity contribution is 0.483. The van der Waals surface area contributed by atoms with Gasteiger partial charge in [-0.1, -0.05) is 69.7 Å². The lowest BCUT2D eigenvalue weighted by Crippen LogP contribution is -2.02. The van der Waals surface area contributed by atoms with E-state index in [1.165, 1.54) is 40.6 Å². The molecular weight excluding hydrogens is 607 g/mol. The molecule has 0 atom stereocenters. The first-order chi connectivity index (χ1) is 23.7. The van der Waals surface area contributed by atoms with E-state index in [0.29, 0.717) is 29.2 Å². The molecule has 0 spiro atoms. The van der Waals surface area contributed by atoms with Gasteiger partial charge in [0.15, 0.2) is 0 Å². The molecule has 0 fully saturated rings. The normalized spacial score (nSPS) is 11.8. The van der Waals surface area contributed by atoms with Crippen molar-refractivity contribution in [1.29, 1.82) is 0 Å². The first-order valence-electron chi connectivity index (χ1n) is 17.3. The van der Waals surface area contributed by atoms with Gasteiger partial charge in [0, 0.05) is 46.9 Å². The fourth-order valence-corrected chi connectivity index (χ4v) is 6.79. The number of aryl methyl sites for hydroxylation is 3. The molecule has 49 heavy (non-hydrogen) atoms. The van der Waals surface area contributed by atoms with Gasteiger partial charge in [-0.15, -0.1) is 0 Å². The zero-order chi connectivity index (χ0) is 34.1. The predicted octanol–water partition coefficient (Wildman–Crippen LogP) is 11.4. The number of pyridine rings is 1.